The number of urea groups is 1. The predicted molar refractivity (Wildman–Crippen MR) is 71.5 cm³/mol. The highest BCUT2D eigenvalue weighted by molar-refractivity contribution is 7.10. The number of nitrogens with zero attached hydrogens (tertiary/aromatic N) is 1. The van der Waals surface area contributed by atoms with Crippen LogP contribution in [0.15, 0.2) is 17.5 Å². The van der Waals surface area contributed by atoms with Gasteiger partial charge in [-0.3, -0.25) is 0 Å². The molecule has 18 heavy (non-hydrogen) atoms. The molecule has 0 spiro atoms. The number of carbonyl (C=O) groups is 2. The van der Waals surface area contributed by atoms with Crippen LogP contribution in [-0.2, 0) is 11.3 Å². The molecule has 1 heterocycles. The van der Waals surface area contributed by atoms with Gasteiger partial charge >= 0.3 is 12.0 Å². The largest absolute Gasteiger partial charge is 0.478 e. The molecular formula is C12H16N2O3S. The van der Waals surface area contributed by atoms with Crippen LogP contribution in [0.3, 0.4) is 0 Å². The van der Waals surface area contributed by atoms with Crippen molar-refractivity contribution < 1.29 is 14.7 Å². The van der Waals surface area contributed by atoms with Gasteiger partial charge in [0.15, 0.2) is 0 Å². The average molecular weight is 268 g/mol. The Hall–Kier alpha value is -1.82. The van der Waals surface area contributed by atoms with Crippen LogP contribution < -0.4 is 5.32 Å². The Bertz CT molecular complexity index is 454. The van der Waals surface area contributed by atoms with Crippen molar-refractivity contribution in [3.05, 3.63) is 28.0 Å². The standard InChI is InChI=1S/C12H16N2O3S/c1-3-14(2)12(17)13-8-10-9(6-7-18-10)4-5-11(15)16/h4-7H,3,8H2,1-2H3,(H,13,17)(H,15,16). The third kappa shape index (κ3) is 4.21. The number of nitrogens with one attached hydrogen (secondary N) is 1. The van der Waals surface area contributed by atoms with Gasteiger partial charge in [0.1, 0.15) is 0 Å². The second kappa shape index (κ2) is 6.80. The van der Waals surface area contributed by atoms with Crippen molar-refractivity contribution in [3.63, 3.8) is 0 Å². The highest BCUT2D eigenvalue weighted by Gasteiger charge is 2.07. The Morgan fingerprint density at radius 2 is 2.28 bits per heavy atom. The number of hydrogen-bond donors (Lipinski definition) is 2. The van der Waals surface area contributed by atoms with Crippen LogP contribution in [0.25, 0.3) is 6.08 Å². The Kier molecular flexibility index (Phi) is 5.38. The van der Waals surface area contributed by atoms with Crippen molar-refractivity contribution in [2.45, 2.75) is 13.5 Å². The Balaban J connectivity index is 2.61. The molecule has 5 nitrogen and oxygen atoms in total. The van der Waals surface area contributed by atoms with Gasteiger partial charge in [-0.1, -0.05) is 0 Å². The van der Waals surface area contributed by atoms with Gasteiger partial charge in [0, 0.05) is 24.5 Å². The summed E-state index contributed by atoms with van der Waals surface area (Å²) in [6.45, 7) is 2.94. The van der Waals surface area contributed by atoms with Crippen molar-refractivity contribution in [1.29, 1.82) is 0 Å². The monoisotopic (exact) mass is 268 g/mol. The van der Waals surface area contributed by atoms with E-state index in [1.165, 1.54) is 17.4 Å². The number of aliphatic carboxylic acids is 1. The van der Waals surface area contributed by atoms with Crippen LogP contribution in [0.2, 0.25) is 0 Å². The molecule has 0 saturated heterocycles. The number of carboxylic acid groups (broad SMARTS) is 1. The molecule has 2 N–H and O–H groups in total. The van der Waals surface area contributed by atoms with Gasteiger partial charge in [-0.05, 0) is 30.0 Å². The van der Waals surface area contributed by atoms with Crippen LogP contribution in [-0.4, -0.2) is 35.6 Å². The molecule has 0 aliphatic rings. The van der Waals surface area contributed by atoms with Gasteiger partial charge in [-0.25, -0.2) is 9.59 Å². The normalized spacial score (nSPS) is 10.6. The third-order valence-electron chi connectivity index (χ3n) is 2.41. The first-order valence-electron chi connectivity index (χ1n) is 5.51. The molecule has 98 valence electrons. The summed E-state index contributed by atoms with van der Waals surface area (Å²) in [5.41, 5.74) is 0.821. The van der Waals surface area contributed by atoms with Gasteiger partial charge in [0.05, 0.1) is 6.54 Å². The van der Waals surface area contributed by atoms with Gasteiger partial charge in [0.2, 0.25) is 0 Å². The van der Waals surface area contributed by atoms with E-state index in [4.69, 9.17) is 5.11 Å². The van der Waals surface area contributed by atoms with E-state index in [2.05, 4.69) is 5.32 Å². The molecule has 0 fully saturated rings. The van der Waals surface area contributed by atoms with Crippen LogP contribution in [0.5, 0.6) is 0 Å². The molecule has 0 aliphatic heterocycles. The van der Waals surface area contributed by atoms with Gasteiger partial charge in [0.25, 0.3) is 0 Å². The molecule has 1 rings (SSSR count). The van der Waals surface area contributed by atoms with E-state index in [0.717, 1.165) is 16.5 Å². The van der Waals surface area contributed by atoms with Crippen LogP contribution in [0, 0.1) is 0 Å². The lowest BCUT2D eigenvalue weighted by molar-refractivity contribution is -0.131. The Labute approximate surface area is 110 Å². The molecule has 0 aliphatic carbocycles. The highest BCUT2D eigenvalue weighted by Crippen LogP contribution is 2.18. The SMILES string of the molecule is CCN(C)C(=O)NCc1sccc1C=CC(=O)O. The number of amides is 2. The molecule has 0 unspecified atom stereocenters. The Morgan fingerprint density at radius 1 is 1.56 bits per heavy atom. The summed E-state index contributed by atoms with van der Waals surface area (Å²) >= 11 is 1.49. The fraction of sp³-hybridized carbons (Fsp3) is 0.333. The second-order valence-corrected chi connectivity index (χ2v) is 4.64. The van der Waals surface area contributed by atoms with E-state index < -0.39 is 5.97 Å². The fourth-order valence-electron chi connectivity index (χ4n) is 1.24. The lowest BCUT2D eigenvalue weighted by Gasteiger charge is -2.15. The van der Waals surface area contributed by atoms with Crippen molar-refractivity contribution in [3.8, 4) is 0 Å². The van der Waals surface area contributed by atoms with Gasteiger partial charge in [-0.2, -0.15) is 0 Å². The van der Waals surface area contributed by atoms with Crippen molar-refractivity contribution in [2.75, 3.05) is 13.6 Å². The minimum absolute atomic E-state index is 0.140. The van der Waals surface area contributed by atoms with E-state index in [9.17, 15) is 9.59 Å². The molecule has 0 radical (unpaired) electrons. The topological polar surface area (TPSA) is 69.6 Å². The summed E-state index contributed by atoms with van der Waals surface area (Å²) < 4.78 is 0. The summed E-state index contributed by atoms with van der Waals surface area (Å²) in [6.07, 6.45) is 2.62. The minimum atomic E-state index is -0.984. The number of carbonyl (C=O) groups excluding carboxylic acids is 1. The summed E-state index contributed by atoms with van der Waals surface area (Å²) in [6, 6.07) is 1.69. The fourth-order valence-corrected chi connectivity index (χ4v) is 2.04. The van der Waals surface area contributed by atoms with Gasteiger partial charge < -0.3 is 15.3 Å². The van der Waals surface area contributed by atoms with Crippen LogP contribution in [0.1, 0.15) is 17.4 Å². The first kappa shape index (κ1) is 14.2. The van der Waals surface area contributed by atoms with Crippen molar-refractivity contribution >= 4 is 29.4 Å². The summed E-state index contributed by atoms with van der Waals surface area (Å²) in [5.74, 6) is -0.984. The first-order valence-corrected chi connectivity index (χ1v) is 6.39. The third-order valence-corrected chi connectivity index (χ3v) is 3.34. The average Bonchev–Trinajstić information content (AvgIpc) is 2.79. The van der Waals surface area contributed by atoms with Crippen LogP contribution in [0.4, 0.5) is 4.79 Å². The lowest BCUT2D eigenvalue weighted by atomic mass is 10.2. The number of carboxylic acids is 1. The van der Waals surface area contributed by atoms with E-state index in [1.54, 1.807) is 11.9 Å². The zero-order chi connectivity index (χ0) is 13.5. The van der Waals surface area contributed by atoms with E-state index in [1.807, 2.05) is 18.4 Å². The molecule has 2 amide bonds. The number of hydrogen-bond acceptors (Lipinski definition) is 3. The smallest absolute Gasteiger partial charge is 0.328 e. The molecule has 1 aromatic heterocycles. The maximum atomic E-state index is 11.6. The van der Waals surface area contributed by atoms with Crippen molar-refractivity contribution in [2.24, 2.45) is 0 Å². The van der Waals surface area contributed by atoms with E-state index in [-0.39, 0.29) is 6.03 Å². The zero-order valence-corrected chi connectivity index (χ0v) is 11.2. The molecule has 0 bridgehead atoms. The van der Waals surface area contributed by atoms with E-state index >= 15 is 0 Å². The molecule has 1 aromatic rings. The van der Waals surface area contributed by atoms with Gasteiger partial charge in [-0.15, -0.1) is 11.3 Å². The highest BCUT2D eigenvalue weighted by atomic mass is 32.1. The number of rotatable bonds is 5. The maximum Gasteiger partial charge on any atom is 0.328 e. The number of thiophene rings is 1. The molecule has 0 saturated carbocycles. The zero-order valence-electron chi connectivity index (χ0n) is 10.3. The minimum Gasteiger partial charge on any atom is -0.478 e. The Morgan fingerprint density at radius 3 is 2.89 bits per heavy atom. The summed E-state index contributed by atoms with van der Waals surface area (Å²) in [5, 5.41) is 13.2. The van der Waals surface area contributed by atoms with Crippen molar-refractivity contribution in [1.82, 2.24) is 10.2 Å². The molecule has 0 atom stereocenters. The molecular weight excluding hydrogens is 252 g/mol. The summed E-state index contributed by atoms with van der Waals surface area (Å²) in [4.78, 5) is 24.5. The predicted octanol–water partition coefficient (Wildman–Crippen LogP) is 2.01. The maximum absolute atomic E-state index is 11.6. The van der Waals surface area contributed by atoms with Crippen LogP contribution >= 0.6 is 11.3 Å². The van der Waals surface area contributed by atoms with E-state index in [0.29, 0.717) is 13.1 Å². The quantitative estimate of drug-likeness (QED) is 0.802. The molecule has 6 heteroatoms. The summed E-state index contributed by atoms with van der Waals surface area (Å²) in [7, 11) is 1.72. The second-order valence-electron chi connectivity index (χ2n) is 3.64. The molecule has 0 aromatic carbocycles. The lowest BCUT2D eigenvalue weighted by Crippen LogP contribution is -2.36. The first-order chi connectivity index (χ1) is 8.54.